The minimum atomic E-state index is -0.444. The highest BCUT2D eigenvalue weighted by atomic mass is 19.1. The minimum Gasteiger partial charge on any atom is -0.480 e. The maximum atomic E-state index is 13.7. The molecule has 1 amide bonds. The molecule has 0 fully saturated rings. The Hall–Kier alpha value is -1.62. The predicted molar refractivity (Wildman–Crippen MR) is 72.6 cm³/mol. The molecule has 0 aromatic heterocycles. The molecule has 19 heavy (non-hydrogen) atoms. The Balaban J connectivity index is 2.74. The topological polar surface area (TPSA) is 41.6 Å². The summed E-state index contributed by atoms with van der Waals surface area (Å²) < 4.78 is 19.1. The number of nitrogens with one attached hydrogen (secondary N) is 1. The van der Waals surface area contributed by atoms with E-state index in [9.17, 15) is 9.18 Å². The van der Waals surface area contributed by atoms with Crippen molar-refractivity contribution < 1.29 is 13.9 Å². The van der Waals surface area contributed by atoms with Crippen LogP contribution in [0.5, 0.6) is 5.75 Å². The lowest BCUT2D eigenvalue weighted by atomic mass is 10.2. The van der Waals surface area contributed by atoms with Gasteiger partial charge in [0.2, 0.25) is 0 Å². The second-order valence-corrected chi connectivity index (χ2v) is 4.11. The number of nitrogens with zero attached hydrogens (tertiary/aromatic N) is 1. The Morgan fingerprint density at radius 1 is 1.37 bits per heavy atom. The van der Waals surface area contributed by atoms with E-state index < -0.39 is 5.82 Å². The van der Waals surface area contributed by atoms with Crippen molar-refractivity contribution in [1.82, 2.24) is 10.2 Å². The van der Waals surface area contributed by atoms with Crippen LogP contribution in [0.3, 0.4) is 0 Å². The van der Waals surface area contributed by atoms with Crippen LogP contribution in [0.2, 0.25) is 0 Å². The summed E-state index contributed by atoms with van der Waals surface area (Å²) in [6.45, 7) is 5.40. The molecule has 0 spiro atoms. The molecule has 0 aliphatic carbocycles. The number of para-hydroxylation sites is 1. The van der Waals surface area contributed by atoms with Crippen molar-refractivity contribution in [2.75, 3.05) is 26.7 Å². The molecule has 0 saturated carbocycles. The average Bonchev–Trinajstić information content (AvgIpc) is 2.40. The second-order valence-electron chi connectivity index (χ2n) is 4.11. The maximum Gasteiger partial charge on any atom is 0.260 e. The first-order valence-electron chi connectivity index (χ1n) is 6.46. The molecule has 0 aliphatic heterocycles. The molecule has 0 radical (unpaired) electrons. The number of likely N-dealkylation sites (N-methyl/N-ethyl adjacent to an activating group) is 1. The van der Waals surface area contributed by atoms with Crippen molar-refractivity contribution in [3.63, 3.8) is 0 Å². The fourth-order valence-electron chi connectivity index (χ4n) is 1.85. The summed E-state index contributed by atoms with van der Waals surface area (Å²) >= 11 is 0. The van der Waals surface area contributed by atoms with Crippen LogP contribution in [-0.4, -0.2) is 37.6 Å². The first-order chi connectivity index (χ1) is 9.13. The molecule has 0 bridgehead atoms. The summed E-state index contributed by atoms with van der Waals surface area (Å²) in [6, 6.07) is 4.73. The van der Waals surface area contributed by atoms with Gasteiger partial charge in [0.15, 0.2) is 18.2 Å². The highest BCUT2D eigenvalue weighted by Gasteiger charge is 2.14. The van der Waals surface area contributed by atoms with Gasteiger partial charge in [0.25, 0.3) is 5.91 Å². The average molecular weight is 268 g/mol. The summed E-state index contributed by atoms with van der Waals surface area (Å²) in [5.74, 6) is -0.430. The third-order valence-electron chi connectivity index (χ3n) is 2.87. The minimum absolute atomic E-state index is 0.135. The summed E-state index contributed by atoms with van der Waals surface area (Å²) in [4.78, 5) is 13.5. The maximum absolute atomic E-state index is 13.7. The Kier molecular flexibility index (Phi) is 6.29. The van der Waals surface area contributed by atoms with Crippen molar-refractivity contribution >= 4 is 5.91 Å². The van der Waals surface area contributed by atoms with Crippen molar-refractivity contribution in [1.29, 1.82) is 0 Å². The van der Waals surface area contributed by atoms with Gasteiger partial charge in [-0.05, 0) is 27.0 Å². The zero-order chi connectivity index (χ0) is 14.3. The van der Waals surface area contributed by atoms with Gasteiger partial charge < -0.3 is 15.0 Å². The highest BCUT2D eigenvalue weighted by molar-refractivity contribution is 5.77. The van der Waals surface area contributed by atoms with E-state index in [0.29, 0.717) is 25.2 Å². The molecule has 0 heterocycles. The van der Waals surface area contributed by atoms with E-state index in [-0.39, 0.29) is 18.3 Å². The molecule has 1 N–H and O–H groups in total. The van der Waals surface area contributed by atoms with Gasteiger partial charge >= 0.3 is 0 Å². The predicted octanol–water partition coefficient (Wildman–Crippen LogP) is 1.79. The van der Waals surface area contributed by atoms with Gasteiger partial charge in [-0.3, -0.25) is 4.79 Å². The van der Waals surface area contributed by atoms with Crippen molar-refractivity contribution in [3.8, 4) is 5.75 Å². The molecule has 5 heteroatoms. The largest absolute Gasteiger partial charge is 0.480 e. The fraction of sp³-hybridized carbons (Fsp3) is 0.500. The quantitative estimate of drug-likeness (QED) is 0.820. The summed E-state index contributed by atoms with van der Waals surface area (Å²) in [5, 5.41) is 2.94. The van der Waals surface area contributed by atoms with Crippen LogP contribution in [0.4, 0.5) is 4.39 Å². The van der Waals surface area contributed by atoms with E-state index in [1.165, 1.54) is 6.07 Å². The smallest absolute Gasteiger partial charge is 0.260 e. The first-order valence-corrected chi connectivity index (χ1v) is 6.46. The molecular formula is C14H21FN2O2. The number of amides is 1. The van der Waals surface area contributed by atoms with Crippen LogP contribution in [-0.2, 0) is 11.3 Å². The van der Waals surface area contributed by atoms with Gasteiger partial charge in [0.05, 0.1) is 0 Å². The number of ether oxygens (including phenoxy) is 1. The van der Waals surface area contributed by atoms with Gasteiger partial charge in [-0.1, -0.05) is 12.1 Å². The molecule has 0 saturated heterocycles. The monoisotopic (exact) mass is 268 g/mol. The van der Waals surface area contributed by atoms with Crippen LogP contribution < -0.4 is 10.1 Å². The summed E-state index contributed by atoms with van der Waals surface area (Å²) in [6.07, 6.45) is 0. The lowest BCUT2D eigenvalue weighted by Crippen LogP contribution is -2.34. The number of hydrogen-bond donors (Lipinski definition) is 1. The molecule has 1 rings (SSSR count). The molecule has 1 aromatic carbocycles. The lowest BCUT2D eigenvalue weighted by Gasteiger charge is -2.19. The van der Waals surface area contributed by atoms with Crippen LogP contribution in [0.25, 0.3) is 0 Å². The SMILES string of the molecule is CCN(CC)C(=O)COc1c(F)cccc1CNC. The number of carbonyl (C=O) groups is 1. The Morgan fingerprint density at radius 3 is 2.63 bits per heavy atom. The van der Waals surface area contributed by atoms with E-state index in [0.717, 1.165) is 0 Å². The normalized spacial score (nSPS) is 10.3. The number of halogens is 1. The van der Waals surface area contributed by atoms with Crippen molar-refractivity contribution in [2.45, 2.75) is 20.4 Å². The molecule has 106 valence electrons. The standard InChI is InChI=1S/C14H21FN2O2/c1-4-17(5-2)13(18)10-19-14-11(9-16-3)7-6-8-12(14)15/h6-8,16H,4-5,9-10H2,1-3H3. The fourth-order valence-corrected chi connectivity index (χ4v) is 1.85. The van der Waals surface area contributed by atoms with E-state index in [4.69, 9.17) is 4.74 Å². The molecular weight excluding hydrogens is 247 g/mol. The molecule has 0 atom stereocenters. The number of hydrogen-bond acceptors (Lipinski definition) is 3. The zero-order valence-corrected chi connectivity index (χ0v) is 11.7. The van der Waals surface area contributed by atoms with E-state index >= 15 is 0 Å². The first kappa shape index (κ1) is 15.4. The Labute approximate surface area is 113 Å². The van der Waals surface area contributed by atoms with Crippen LogP contribution in [0.15, 0.2) is 18.2 Å². The number of rotatable bonds is 7. The van der Waals surface area contributed by atoms with Gasteiger partial charge in [0.1, 0.15) is 0 Å². The lowest BCUT2D eigenvalue weighted by molar-refractivity contribution is -0.133. The van der Waals surface area contributed by atoms with E-state index in [1.807, 2.05) is 13.8 Å². The van der Waals surface area contributed by atoms with Gasteiger partial charge in [-0.15, -0.1) is 0 Å². The Morgan fingerprint density at radius 2 is 2.05 bits per heavy atom. The van der Waals surface area contributed by atoms with Crippen LogP contribution in [0.1, 0.15) is 19.4 Å². The highest BCUT2D eigenvalue weighted by Crippen LogP contribution is 2.22. The summed E-state index contributed by atoms with van der Waals surface area (Å²) in [7, 11) is 1.77. The summed E-state index contributed by atoms with van der Waals surface area (Å²) in [5.41, 5.74) is 0.704. The van der Waals surface area contributed by atoms with Crippen LogP contribution >= 0.6 is 0 Å². The Bertz CT molecular complexity index is 420. The van der Waals surface area contributed by atoms with Crippen molar-refractivity contribution in [3.05, 3.63) is 29.6 Å². The van der Waals surface area contributed by atoms with Crippen molar-refractivity contribution in [2.24, 2.45) is 0 Å². The number of benzene rings is 1. The number of carbonyl (C=O) groups excluding carboxylic acids is 1. The van der Waals surface area contributed by atoms with E-state index in [1.54, 1.807) is 24.1 Å². The third-order valence-corrected chi connectivity index (χ3v) is 2.87. The third kappa shape index (κ3) is 4.21. The second kappa shape index (κ2) is 7.74. The zero-order valence-electron chi connectivity index (χ0n) is 11.7. The molecule has 0 unspecified atom stereocenters. The molecule has 4 nitrogen and oxygen atoms in total. The van der Waals surface area contributed by atoms with Gasteiger partial charge in [0, 0.05) is 25.2 Å². The van der Waals surface area contributed by atoms with Gasteiger partial charge in [-0.2, -0.15) is 0 Å². The van der Waals surface area contributed by atoms with Gasteiger partial charge in [-0.25, -0.2) is 4.39 Å². The molecule has 0 aliphatic rings. The van der Waals surface area contributed by atoms with E-state index in [2.05, 4.69) is 5.32 Å². The molecule has 1 aromatic rings. The van der Waals surface area contributed by atoms with Crippen LogP contribution in [0, 0.1) is 5.82 Å².